The maximum atomic E-state index is 14.0. The Hall–Kier alpha value is -4.53. The van der Waals surface area contributed by atoms with Crippen LogP contribution in [0.3, 0.4) is 0 Å². The fourth-order valence-electron chi connectivity index (χ4n) is 4.58. The predicted molar refractivity (Wildman–Crippen MR) is 133 cm³/mol. The van der Waals surface area contributed by atoms with E-state index in [-0.39, 0.29) is 42.3 Å². The van der Waals surface area contributed by atoms with Gasteiger partial charge in [0.1, 0.15) is 35.3 Å². The van der Waals surface area contributed by atoms with Gasteiger partial charge in [0.15, 0.2) is 5.82 Å². The summed E-state index contributed by atoms with van der Waals surface area (Å²) < 4.78 is 73.1. The zero-order valence-electron chi connectivity index (χ0n) is 21.4. The van der Waals surface area contributed by atoms with Crippen LogP contribution in [0.2, 0.25) is 0 Å². The Morgan fingerprint density at radius 1 is 1.02 bits per heavy atom. The number of urea groups is 1. The van der Waals surface area contributed by atoms with Crippen molar-refractivity contribution < 1.29 is 36.3 Å². The van der Waals surface area contributed by atoms with E-state index in [1.807, 2.05) is 0 Å². The van der Waals surface area contributed by atoms with Crippen LogP contribution < -0.4 is 5.32 Å². The lowest BCUT2D eigenvalue weighted by Gasteiger charge is -2.32. The zero-order chi connectivity index (χ0) is 29.3. The number of alkyl halides is 3. The van der Waals surface area contributed by atoms with E-state index in [1.165, 1.54) is 23.1 Å². The van der Waals surface area contributed by atoms with Gasteiger partial charge in [0.05, 0.1) is 17.0 Å². The van der Waals surface area contributed by atoms with E-state index in [1.54, 1.807) is 6.92 Å². The van der Waals surface area contributed by atoms with Gasteiger partial charge in [-0.3, -0.25) is 0 Å². The number of pyridine rings is 1. The molecule has 41 heavy (non-hydrogen) atoms. The summed E-state index contributed by atoms with van der Waals surface area (Å²) in [5, 5.41) is 19.8. The molecule has 214 valence electrons. The Morgan fingerprint density at radius 2 is 1.68 bits per heavy atom. The molecule has 1 saturated heterocycles. The van der Waals surface area contributed by atoms with Gasteiger partial charge in [0.2, 0.25) is 0 Å². The lowest BCUT2D eigenvalue weighted by molar-refractivity contribution is -0.141. The number of aromatic nitrogens is 5. The fraction of sp³-hybridized carbons (Fsp3) is 0.308. The first-order chi connectivity index (χ1) is 19.5. The summed E-state index contributed by atoms with van der Waals surface area (Å²) in [5.41, 5.74) is -0.630. The number of anilines is 1. The van der Waals surface area contributed by atoms with E-state index in [2.05, 4.69) is 30.5 Å². The number of likely N-dealkylation sites (tertiary alicyclic amines) is 1. The topological polar surface area (TPSA) is 130 Å². The number of aliphatic hydroxyl groups is 1. The Balaban J connectivity index is 1.39. The van der Waals surface area contributed by atoms with Gasteiger partial charge in [-0.25, -0.2) is 28.5 Å². The summed E-state index contributed by atoms with van der Waals surface area (Å²) >= 11 is 0. The third-order valence-electron chi connectivity index (χ3n) is 6.57. The van der Waals surface area contributed by atoms with Crippen LogP contribution in [0.4, 0.5) is 32.4 Å². The predicted octanol–water partition coefficient (Wildman–Crippen LogP) is 5.10. The van der Waals surface area contributed by atoms with Crippen molar-refractivity contribution in [3.05, 3.63) is 70.9 Å². The van der Waals surface area contributed by atoms with Crippen LogP contribution in [0.5, 0.6) is 0 Å². The number of piperidine rings is 1. The number of para-hydroxylation sites is 1. The molecule has 0 saturated carbocycles. The number of halogens is 5. The summed E-state index contributed by atoms with van der Waals surface area (Å²) in [7, 11) is 0. The first kappa shape index (κ1) is 28.0. The van der Waals surface area contributed by atoms with Crippen molar-refractivity contribution in [2.75, 3.05) is 18.4 Å². The van der Waals surface area contributed by atoms with Crippen LogP contribution in [0.15, 0.2) is 40.8 Å². The van der Waals surface area contributed by atoms with Crippen molar-refractivity contribution >= 4 is 11.7 Å². The molecular formula is C26H22F5N7O3. The van der Waals surface area contributed by atoms with Crippen molar-refractivity contribution in [1.82, 2.24) is 30.0 Å². The number of amides is 2. The molecule has 3 aromatic heterocycles. The molecule has 0 spiro atoms. The Kier molecular flexibility index (Phi) is 7.62. The first-order valence-corrected chi connectivity index (χ1v) is 12.4. The second-order valence-corrected chi connectivity index (χ2v) is 9.25. The quantitative estimate of drug-likeness (QED) is 0.315. The molecule has 15 heteroatoms. The number of rotatable bonds is 5. The highest BCUT2D eigenvalue weighted by atomic mass is 19.4. The summed E-state index contributed by atoms with van der Waals surface area (Å²) in [6.07, 6.45) is -3.89. The van der Waals surface area contributed by atoms with Gasteiger partial charge in [0, 0.05) is 19.0 Å². The van der Waals surface area contributed by atoms with Gasteiger partial charge >= 0.3 is 12.2 Å². The Bertz CT molecular complexity index is 1570. The van der Waals surface area contributed by atoms with Crippen LogP contribution in [-0.4, -0.2) is 54.3 Å². The Labute approximate surface area is 229 Å². The van der Waals surface area contributed by atoms with Gasteiger partial charge in [-0.1, -0.05) is 12.1 Å². The largest absolute Gasteiger partial charge is 0.433 e. The normalized spacial score (nSPS) is 14.4. The van der Waals surface area contributed by atoms with Crippen LogP contribution in [0.25, 0.3) is 23.0 Å². The molecule has 0 bridgehead atoms. The lowest BCUT2D eigenvalue weighted by Crippen LogP contribution is -2.41. The standard InChI is InChI=1S/C26H22F5N7O3/c1-13-20(24-37-36-23(41-24)17-6-3-7-18(33-17)26(29,30)31)21(34-19(12-39)32-13)14-8-10-38(11-9-14)25(40)35-22-15(27)4-2-5-16(22)28/h2-7,14,39H,8-12H2,1H3,(H,35,40). The van der Waals surface area contributed by atoms with Crippen molar-refractivity contribution in [1.29, 1.82) is 0 Å². The minimum absolute atomic E-state index is 0.0496. The van der Waals surface area contributed by atoms with Gasteiger partial charge in [0.25, 0.3) is 11.8 Å². The van der Waals surface area contributed by atoms with Crippen molar-refractivity contribution in [2.45, 2.75) is 38.5 Å². The van der Waals surface area contributed by atoms with Gasteiger partial charge < -0.3 is 19.7 Å². The smallest absolute Gasteiger partial charge is 0.414 e. The third-order valence-corrected chi connectivity index (χ3v) is 6.57. The second kappa shape index (κ2) is 11.2. The van der Waals surface area contributed by atoms with E-state index in [0.717, 1.165) is 18.2 Å². The Morgan fingerprint density at radius 3 is 2.34 bits per heavy atom. The van der Waals surface area contributed by atoms with E-state index in [0.29, 0.717) is 29.8 Å². The molecule has 4 aromatic rings. The number of aryl methyl sites for hydroxylation is 1. The molecule has 2 amide bonds. The molecule has 0 unspecified atom stereocenters. The molecule has 1 aliphatic rings. The molecule has 4 heterocycles. The number of nitrogens with one attached hydrogen (secondary N) is 1. The number of carbonyl (C=O) groups excluding carboxylic acids is 1. The van der Waals surface area contributed by atoms with Crippen LogP contribution in [0.1, 0.15) is 41.7 Å². The number of nitrogens with zero attached hydrogens (tertiary/aromatic N) is 6. The maximum absolute atomic E-state index is 14.0. The molecule has 1 aromatic carbocycles. The summed E-state index contributed by atoms with van der Waals surface area (Å²) in [5.74, 6) is -2.22. The molecule has 10 nitrogen and oxygen atoms in total. The molecule has 2 N–H and O–H groups in total. The van der Waals surface area contributed by atoms with Crippen molar-refractivity contribution in [3.63, 3.8) is 0 Å². The number of hydrogen-bond acceptors (Lipinski definition) is 8. The second-order valence-electron chi connectivity index (χ2n) is 9.25. The maximum Gasteiger partial charge on any atom is 0.433 e. The van der Waals surface area contributed by atoms with E-state index in [4.69, 9.17) is 4.42 Å². The number of benzene rings is 1. The summed E-state index contributed by atoms with van der Waals surface area (Å²) in [6.45, 7) is 1.62. The van der Waals surface area contributed by atoms with Crippen LogP contribution in [0, 0.1) is 18.6 Å². The number of aliphatic hydroxyl groups excluding tert-OH is 1. The van der Waals surface area contributed by atoms with E-state index in [9.17, 15) is 31.9 Å². The van der Waals surface area contributed by atoms with Crippen LogP contribution >= 0.6 is 0 Å². The minimum Gasteiger partial charge on any atom is -0.414 e. The van der Waals surface area contributed by atoms with Gasteiger partial charge in [-0.2, -0.15) is 13.2 Å². The van der Waals surface area contributed by atoms with Gasteiger partial charge in [-0.15, -0.1) is 10.2 Å². The van der Waals surface area contributed by atoms with Crippen molar-refractivity contribution in [2.24, 2.45) is 0 Å². The molecule has 0 atom stereocenters. The number of carbonyl (C=O) groups is 1. The molecule has 5 rings (SSSR count). The summed E-state index contributed by atoms with van der Waals surface area (Å²) in [6, 6.07) is 5.90. The van der Waals surface area contributed by atoms with E-state index >= 15 is 0 Å². The molecular weight excluding hydrogens is 553 g/mol. The monoisotopic (exact) mass is 575 g/mol. The lowest BCUT2D eigenvalue weighted by atomic mass is 9.90. The molecule has 1 aliphatic heterocycles. The van der Waals surface area contributed by atoms with E-state index < -0.39 is 41.8 Å². The average Bonchev–Trinajstić information content (AvgIpc) is 3.44. The molecule has 1 fully saturated rings. The fourth-order valence-corrected chi connectivity index (χ4v) is 4.58. The zero-order valence-corrected chi connectivity index (χ0v) is 21.4. The first-order valence-electron chi connectivity index (χ1n) is 12.4. The SMILES string of the molecule is Cc1nc(CO)nc(C2CCN(C(=O)Nc3c(F)cccc3F)CC2)c1-c1nnc(-c2cccc(C(F)(F)F)n2)o1. The summed E-state index contributed by atoms with van der Waals surface area (Å²) in [4.78, 5) is 26.4. The highest BCUT2D eigenvalue weighted by Crippen LogP contribution is 2.37. The molecule has 0 radical (unpaired) electrons. The van der Waals surface area contributed by atoms with Crippen molar-refractivity contribution in [3.8, 4) is 23.0 Å². The number of hydrogen-bond donors (Lipinski definition) is 2. The molecule has 0 aliphatic carbocycles. The average molecular weight is 575 g/mol. The highest BCUT2D eigenvalue weighted by Gasteiger charge is 2.34. The van der Waals surface area contributed by atoms with Gasteiger partial charge in [-0.05, 0) is 44.0 Å². The highest BCUT2D eigenvalue weighted by molar-refractivity contribution is 5.89. The van der Waals surface area contributed by atoms with Crippen LogP contribution in [-0.2, 0) is 12.8 Å². The minimum atomic E-state index is -4.66. The third kappa shape index (κ3) is 5.84.